The van der Waals surface area contributed by atoms with E-state index in [0.717, 1.165) is 22.5 Å². The van der Waals surface area contributed by atoms with Gasteiger partial charge < -0.3 is 19.5 Å². The van der Waals surface area contributed by atoms with Gasteiger partial charge in [-0.05, 0) is 76.7 Å². The third-order valence-corrected chi connectivity index (χ3v) is 5.02. The molecule has 8 heteroatoms. The molecule has 3 rings (SSSR count). The van der Waals surface area contributed by atoms with E-state index in [4.69, 9.17) is 26.4 Å². The Balaban J connectivity index is 1.76. The summed E-state index contributed by atoms with van der Waals surface area (Å²) in [5.74, 6) is 0.809. The summed E-state index contributed by atoms with van der Waals surface area (Å²) in [5.41, 5.74) is 7.30. The maximum Gasteiger partial charge on any atom is 0.344 e. The second-order valence-corrected chi connectivity index (χ2v) is 8.64. The Kier molecular flexibility index (Phi) is 7.35. The van der Waals surface area contributed by atoms with Gasteiger partial charge in [-0.2, -0.15) is 5.10 Å². The fourth-order valence-electron chi connectivity index (χ4n) is 3.41. The number of esters is 1. The van der Waals surface area contributed by atoms with E-state index in [1.54, 1.807) is 13.0 Å². The van der Waals surface area contributed by atoms with Crippen LogP contribution in [-0.2, 0) is 9.53 Å². The molecule has 0 amide bonds. The van der Waals surface area contributed by atoms with Gasteiger partial charge in [-0.15, -0.1) is 0 Å². The van der Waals surface area contributed by atoms with Crippen LogP contribution in [0.3, 0.4) is 0 Å². The van der Waals surface area contributed by atoms with Crippen molar-refractivity contribution in [2.75, 3.05) is 18.5 Å². The Morgan fingerprint density at radius 3 is 2.72 bits per heavy atom. The van der Waals surface area contributed by atoms with Gasteiger partial charge in [0.1, 0.15) is 17.1 Å². The Morgan fingerprint density at radius 1 is 1.22 bits per heavy atom. The summed E-state index contributed by atoms with van der Waals surface area (Å²) in [7, 11) is 0. The van der Waals surface area contributed by atoms with Crippen LogP contribution in [0.2, 0.25) is 0 Å². The third kappa shape index (κ3) is 6.20. The van der Waals surface area contributed by atoms with Crippen molar-refractivity contribution in [3.63, 3.8) is 0 Å². The molecule has 0 aliphatic carbocycles. The van der Waals surface area contributed by atoms with Gasteiger partial charge in [0.2, 0.25) is 0 Å². The summed E-state index contributed by atoms with van der Waals surface area (Å²) < 4.78 is 16.6. The summed E-state index contributed by atoms with van der Waals surface area (Å²) in [6.45, 7) is 9.99. The SMILES string of the molecule is CCOC(=O)COc1ccc2c(c1)/C(=N\NC(=S)Nc1ccc(C)cc1C)CC(C)(C)O2. The van der Waals surface area contributed by atoms with Crippen molar-refractivity contribution < 1.29 is 19.0 Å². The number of fused-ring (bicyclic) bond motifs is 1. The highest BCUT2D eigenvalue weighted by molar-refractivity contribution is 7.80. The Morgan fingerprint density at radius 2 is 2.00 bits per heavy atom. The lowest BCUT2D eigenvalue weighted by atomic mass is 9.92. The van der Waals surface area contributed by atoms with Gasteiger partial charge in [0, 0.05) is 17.7 Å². The zero-order chi connectivity index (χ0) is 23.3. The van der Waals surface area contributed by atoms with Crippen LogP contribution in [-0.4, -0.2) is 35.6 Å². The lowest BCUT2D eigenvalue weighted by Crippen LogP contribution is -2.37. The summed E-state index contributed by atoms with van der Waals surface area (Å²) in [4.78, 5) is 11.6. The predicted molar refractivity (Wildman–Crippen MR) is 130 cm³/mol. The van der Waals surface area contributed by atoms with E-state index in [2.05, 4.69) is 21.9 Å². The van der Waals surface area contributed by atoms with E-state index in [-0.39, 0.29) is 6.61 Å². The van der Waals surface area contributed by atoms with E-state index < -0.39 is 11.6 Å². The molecular weight excluding hydrogens is 426 g/mol. The van der Waals surface area contributed by atoms with E-state index in [1.165, 1.54) is 5.56 Å². The number of benzene rings is 2. The van der Waals surface area contributed by atoms with E-state index >= 15 is 0 Å². The average Bonchev–Trinajstić information content (AvgIpc) is 2.72. The first-order valence-corrected chi connectivity index (χ1v) is 10.9. The first-order chi connectivity index (χ1) is 15.2. The van der Waals surface area contributed by atoms with Crippen molar-refractivity contribution in [3.05, 3.63) is 53.1 Å². The number of ether oxygens (including phenoxy) is 3. The van der Waals surface area contributed by atoms with Crippen LogP contribution in [0.15, 0.2) is 41.5 Å². The molecule has 0 saturated heterocycles. The largest absolute Gasteiger partial charge is 0.487 e. The molecule has 0 spiro atoms. The molecule has 7 nitrogen and oxygen atoms in total. The fourth-order valence-corrected chi connectivity index (χ4v) is 3.57. The molecule has 0 radical (unpaired) electrons. The average molecular weight is 456 g/mol. The Bertz CT molecular complexity index is 1050. The smallest absolute Gasteiger partial charge is 0.344 e. The van der Waals surface area contributed by atoms with Crippen LogP contribution in [0.5, 0.6) is 11.5 Å². The van der Waals surface area contributed by atoms with Crippen LogP contribution in [0.4, 0.5) is 5.69 Å². The van der Waals surface area contributed by atoms with E-state index in [0.29, 0.717) is 29.6 Å². The zero-order valence-electron chi connectivity index (χ0n) is 19.1. The van der Waals surface area contributed by atoms with Gasteiger partial charge in [-0.3, -0.25) is 5.43 Å². The standard InChI is InChI=1S/C24H29N3O4S/c1-6-29-22(28)14-30-17-8-10-21-18(12-17)20(13-24(4,5)31-21)26-27-23(32)25-19-9-7-15(2)11-16(19)3/h7-12H,6,13-14H2,1-5H3,(H2,25,27,32)/b26-20-. The number of aryl methyl sites for hydroxylation is 2. The third-order valence-electron chi connectivity index (χ3n) is 4.83. The zero-order valence-corrected chi connectivity index (χ0v) is 19.9. The Hall–Kier alpha value is -3.13. The van der Waals surface area contributed by atoms with Crippen molar-refractivity contribution in [2.24, 2.45) is 5.10 Å². The molecular formula is C24H29N3O4S. The van der Waals surface area contributed by atoms with Crippen molar-refractivity contribution in [1.29, 1.82) is 0 Å². The molecule has 2 aromatic carbocycles. The number of hydrazone groups is 1. The number of rotatable bonds is 6. The van der Waals surface area contributed by atoms with Crippen molar-refractivity contribution in [3.8, 4) is 11.5 Å². The summed E-state index contributed by atoms with van der Waals surface area (Å²) in [6, 6.07) is 11.5. The second-order valence-electron chi connectivity index (χ2n) is 8.23. The monoisotopic (exact) mass is 455 g/mol. The minimum absolute atomic E-state index is 0.159. The quantitative estimate of drug-likeness (QED) is 0.377. The van der Waals surface area contributed by atoms with Gasteiger partial charge >= 0.3 is 5.97 Å². The summed E-state index contributed by atoms with van der Waals surface area (Å²) in [6.07, 6.45) is 0.570. The molecule has 0 unspecified atom stereocenters. The predicted octanol–water partition coefficient (Wildman–Crippen LogP) is 4.50. The first kappa shape index (κ1) is 23.5. The second kappa shape index (κ2) is 9.99. The highest BCUT2D eigenvalue weighted by Gasteiger charge is 2.31. The number of thiocarbonyl (C=S) groups is 1. The van der Waals surface area contributed by atoms with Crippen molar-refractivity contribution >= 4 is 34.7 Å². The molecule has 0 fully saturated rings. The maximum absolute atomic E-state index is 11.6. The van der Waals surface area contributed by atoms with Crippen molar-refractivity contribution in [1.82, 2.24) is 5.43 Å². The topological polar surface area (TPSA) is 81.2 Å². The minimum Gasteiger partial charge on any atom is -0.487 e. The lowest BCUT2D eigenvalue weighted by molar-refractivity contribution is -0.145. The van der Waals surface area contributed by atoms with Crippen LogP contribution in [0.1, 0.15) is 43.9 Å². The van der Waals surface area contributed by atoms with Gasteiger partial charge in [-0.25, -0.2) is 4.79 Å². The number of carbonyl (C=O) groups excluding carboxylic acids is 1. The van der Waals surface area contributed by atoms with Crippen LogP contribution < -0.4 is 20.2 Å². The fraction of sp³-hybridized carbons (Fsp3) is 0.375. The number of hydrogen-bond acceptors (Lipinski definition) is 6. The molecule has 2 N–H and O–H groups in total. The molecule has 0 bridgehead atoms. The Labute approximate surface area is 194 Å². The highest BCUT2D eigenvalue weighted by atomic mass is 32.1. The molecule has 0 atom stereocenters. The number of hydrogen-bond donors (Lipinski definition) is 2. The molecule has 32 heavy (non-hydrogen) atoms. The molecule has 2 aromatic rings. The van der Waals surface area contributed by atoms with Gasteiger partial charge in [0.25, 0.3) is 0 Å². The molecule has 0 saturated carbocycles. The summed E-state index contributed by atoms with van der Waals surface area (Å²) >= 11 is 5.44. The molecule has 1 aliphatic rings. The molecule has 170 valence electrons. The number of carbonyl (C=O) groups is 1. The van der Waals surface area contributed by atoms with Crippen molar-refractivity contribution in [2.45, 2.75) is 46.6 Å². The van der Waals surface area contributed by atoms with Crippen LogP contribution >= 0.6 is 12.2 Å². The maximum atomic E-state index is 11.6. The van der Waals surface area contributed by atoms with Crippen LogP contribution in [0.25, 0.3) is 0 Å². The molecule has 1 aliphatic heterocycles. The van der Waals surface area contributed by atoms with Gasteiger partial charge in [-0.1, -0.05) is 17.7 Å². The minimum atomic E-state index is -0.427. The van der Waals surface area contributed by atoms with Gasteiger partial charge in [0.15, 0.2) is 11.7 Å². The normalized spacial score (nSPS) is 15.3. The van der Waals surface area contributed by atoms with Crippen LogP contribution in [0, 0.1) is 13.8 Å². The first-order valence-electron chi connectivity index (χ1n) is 10.5. The van der Waals surface area contributed by atoms with E-state index in [1.807, 2.05) is 52.0 Å². The molecule has 0 aromatic heterocycles. The van der Waals surface area contributed by atoms with Gasteiger partial charge in [0.05, 0.1) is 12.3 Å². The van der Waals surface area contributed by atoms with E-state index in [9.17, 15) is 4.79 Å². The molecule has 1 heterocycles. The number of anilines is 1. The lowest BCUT2D eigenvalue weighted by Gasteiger charge is -2.33. The number of nitrogens with zero attached hydrogens (tertiary/aromatic N) is 1. The highest BCUT2D eigenvalue weighted by Crippen LogP contribution is 2.35. The summed E-state index contributed by atoms with van der Waals surface area (Å²) in [5, 5.41) is 8.14. The number of nitrogens with one attached hydrogen (secondary N) is 2.